The molecule has 0 N–H and O–H groups in total. The van der Waals surface area contributed by atoms with Gasteiger partial charge in [-0.25, -0.2) is 4.98 Å². The van der Waals surface area contributed by atoms with Crippen LogP contribution in [0.3, 0.4) is 0 Å². The molecule has 0 aliphatic carbocycles. The maximum atomic E-state index is 5.01. The smallest absolute Gasteiger partial charge is 0.0794 e. The van der Waals surface area contributed by atoms with Crippen LogP contribution >= 0.6 is 0 Å². The topological polar surface area (TPSA) is 51.6 Å². The lowest BCUT2D eigenvalue weighted by Crippen LogP contribution is -1.96. The van der Waals surface area contributed by atoms with Gasteiger partial charge in [-0.1, -0.05) is 36.9 Å². The molecule has 5 rings (SSSR count). The summed E-state index contributed by atoms with van der Waals surface area (Å²) in [5, 5.41) is 0.983. The first-order chi connectivity index (χ1) is 14.8. The van der Waals surface area contributed by atoms with Crippen LogP contribution in [0, 0.1) is 0 Å². The van der Waals surface area contributed by atoms with Gasteiger partial charge < -0.3 is 0 Å². The number of hydrogen-bond donors (Lipinski definition) is 0. The van der Waals surface area contributed by atoms with Crippen molar-refractivity contribution >= 4 is 17.0 Å². The van der Waals surface area contributed by atoms with E-state index in [4.69, 9.17) is 4.98 Å². The lowest BCUT2D eigenvalue weighted by Gasteiger charge is -2.16. The molecular weight excluding hydrogens is 368 g/mol. The van der Waals surface area contributed by atoms with Crippen molar-refractivity contribution in [3.63, 3.8) is 0 Å². The Kier molecular flexibility index (Phi) is 4.58. The molecule has 0 bridgehead atoms. The fraction of sp³-hybridized carbons (Fsp3) is 0. The van der Waals surface area contributed by atoms with Gasteiger partial charge in [-0.2, -0.15) is 0 Å². The van der Waals surface area contributed by atoms with Crippen molar-refractivity contribution in [1.82, 2.24) is 19.9 Å². The molecule has 1 aromatic carbocycles. The molecule has 0 radical (unpaired) electrons. The lowest BCUT2D eigenvalue weighted by atomic mass is 9.92. The van der Waals surface area contributed by atoms with Crippen molar-refractivity contribution in [3.05, 3.63) is 104 Å². The molecule has 0 atom stereocenters. The minimum absolute atomic E-state index is 0.894. The van der Waals surface area contributed by atoms with Gasteiger partial charge in [0.15, 0.2) is 0 Å². The predicted molar refractivity (Wildman–Crippen MR) is 122 cm³/mol. The zero-order chi connectivity index (χ0) is 20.3. The molecule has 0 amide bonds. The second-order valence-electron chi connectivity index (χ2n) is 6.90. The van der Waals surface area contributed by atoms with E-state index in [-0.39, 0.29) is 0 Å². The second-order valence-corrected chi connectivity index (χ2v) is 6.90. The lowest BCUT2D eigenvalue weighted by molar-refractivity contribution is 1.30. The molecular formula is C26H18N4. The van der Waals surface area contributed by atoms with Gasteiger partial charge in [0.05, 0.1) is 11.2 Å². The van der Waals surface area contributed by atoms with Crippen LogP contribution in [0.5, 0.6) is 0 Å². The number of benzene rings is 1. The summed E-state index contributed by atoms with van der Waals surface area (Å²) in [6.45, 7) is 4.08. The molecule has 0 saturated heterocycles. The van der Waals surface area contributed by atoms with Crippen LogP contribution in [0.1, 0.15) is 5.56 Å². The van der Waals surface area contributed by atoms with E-state index >= 15 is 0 Å². The monoisotopic (exact) mass is 386 g/mol. The molecule has 0 aliphatic rings. The van der Waals surface area contributed by atoms with Crippen LogP contribution in [0.25, 0.3) is 50.5 Å². The van der Waals surface area contributed by atoms with Crippen LogP contribution < -0.4 is 0 Å². The number of nitrogens with zero attached hydrogens (tertiary/aromatic N) is 4. The average molecular weight is 386 g/mol. The Morgan fingerprint density at radius 3 is 1.83 bits per heavy atom. The van der Waals surface area contributed by atoms with Gasteiger partial charge >= 0.3 is 0 Å². The SMILES string of the molecule is C=Cc1c(-c2ccncc2)c(-c2ccc(-c3ccncc3)cc2)nc2ccncc12. The molecule has 0 fully saturated rings. The normalized spacial score (nSPS) is 10.8. The van der Waals surface area contributed by atoms with Gasteiger partial charge in [-0.05, 0) is 52.6 Å². The van der Waals surface area contributed by atoms with Crippen molar-refractivity contribution in [2.24, 2.45) is 0 Å². The highest BCUT2D eigenvalue weighted by molar-refractivity contribution is 6.00. The highest BCUT2D eigenvalue weighted by atomic mass is 14.7. The third-order valence-electron chi connectivity index (χ3n) is 5.17. The number of pyridine rings is 4. The van der Waals surface area contributed by atoms with E-state index in [9.17, 15) is 0 Å². The maximum absolute atomic E-state index is 5.01. The van der Waals surface area contributed by atoms with Gasteiger partial charge in [0, 0.05) is 53.7 Å². The van der Waals surface area contributed by atoms with E-state index in [2.05, 4.69) is 45.8 Å². The third kappa shape index (κ3) is 3.14. The first kappa shape index (κ1) is 17.9. The highest BCUT2D eigenvalue weighted by Gasteiger charge is 2.16. The van der Waals surface area contributed by atoms with Crippen molar-refractivity contribution < 1.29 is 0 Å². The van der Waals surface area contributed by atoms with E-state index < -0.39 is 0 Å². The van der Waals surface area contributed by atoms with Crippen molar-refractivity contribution in [1.29, 1.82) is 0 Å². The summed E-state index contributed by atoms with van der Waals surface area (Å²) in [6.07, 6.45) is 12.7. The Labute approximate surface area is 174 Å². The summed E-state index contributed by atoms with van der Waals surface area (Å²) >= 11 is 0. The standard InChI is InChI=1S/C26H18N4/c1-2-22-23-17-29-16-11-24(23)30-26(25(22)20-9-14-28-15-10-20)21-5-3-18(4-6-21)19-7-12-27-13-8-19/h2-17H,1H2. The molecule has 4 nitrogen and oxygen atoms in total. The summed E-state index contributed by atoms with van der Waals surface area (Å²) < 4.78 is 0. The molecule has 0 saturated carbocycles. The third-order valence-corrected chi connectivity index (χ3v) is 5.17. The predicted octanol–water partition coefficient (Wildman–Crippen LogP) is 6.06. The second kappa shape index (κ2) is 7.68. The molecule has 0 unspecified atom stereocenters. The number of rotatable bonds is 4. The van der Waals surface area contributed by atoms with Gasteiger partial charge in [0.25, 0.3) is 0 Å². The fourth-order valence-corrected chi connectivity index (χ4v) is 3.73. The van der Waals surface area contributed by atoms with Crippen LogP contribution in [0.4, 0.5) is 0 Å². The minimum Gasteiger partial charge on any atom is -0.265 e. The van der Waals surface area contributed by atoms with Crippen LogP contribution in [0.15, 0.2) is 98.4 Å². The summed E-state index contributed by atoms with van der Waals surface area (Å²) in [5.74, 6) is 0. The minimum atomic E-state index is 0.894. The summed E-state index contributed by atoms with van der Waals surface area (Å²) in [5.41, 5.74) is 8.22. The molecule has 4 heteroatoms. The van der Waals surface area contributed by atoms with Crippen LogP contribution in [-0.2, 0) is 0 Å². The molecule has 4 aromatic heterocycles. The molecule has 0 aliphatic heterocycles. The largest absolute Gasteiger partial charge is 0.265 e. The molecule has 0 spiro atoms. The Bertz CT molecular complexity index is 1330. The van der Waals surface area contributed by atoms with Gasteiger partial charge in [0.1, 0.15) is 0 Å². The summed E-state index contributed by atoms with van der Waals surface area (Å²) in [7, 11) is 0. The van der Waals surface area contributed by atoms with E-state index in [0.717, 1.165) is 50.0 Å². The molecule has 30 heavy (non-hydrogen) atoms. The Morgan fingerprint density at radius 1 is 0.600 bits per heavy atom. The van der Waals surface area contributed by atoms with Gasteiger partial charge in [0.2, 0.25) is 0 Å². The highest BCUT2D eigenvalue weighted by Crippen LogP contribution is 2.38. The number of hydrogen-bond acceptors (Lipinski definition) is 4. The summed E-state index contributed by atoms with van der Waals surface area (Å²) in [6, 6.07) is 18.4. The van der Waals surface area contributed by atoms with Crippen LogP contribution in [0.2, 0.25) is 0 Å². The number of aromatic nitrogens is 4. The van der Waals surface area contributed by atoms with Crippen molar-refractivity contribution in [2.75, 3.05) is 0 Å². The zero-order valence-corrected chi connectivity index (χ0v) is 16.2. The van der Waals surface area contributed by atoms with Crippen LogP contribution in [-0.4, -0.2) is 19.9 Å². The maximum Gasteiger partial charge on any atom is 0.0794 e. The summed E-state index contributed by atoms with van der Waals surface area (Å²) in [4.78, 5) is 17.6. The Hall–Kier alpha value is -4.18. The molecule has 5 aromatic rings. The molecule has 4 heterocycles. The first-order valence-corrected chi connectivity index (χ1v) is 9.66. The van der Waals surface area contributed by atoms with Crippen molar-refractivity contribution in [3.8, 4) is 33.5 Å². The zero-order valence-electron chi connectivity index (χ0n) is 16.2. The van der Waals surface area contributed by atoms with E-state index in [0.29, 0.717) is 0 Å². The quantitative estimate of drug-likeness (QED) is 0.376. The van der Waals surface area contributed by atoms with E-state index in [1.54, 1.807) is 31.0 Å². The molecule has 142 valence electrons. The Balaban J connectivity index is 1.75. The number of fused-ring (bicyclic) bond motifs is 1. The average Bonchev–Trinajstić information content (AvgIpc) is 2.84. The van der Waals surface area contributed by atoms with Crippen molar-refractivity contribution in [2.45, 2.75) is 0 Å². The first-order valence-electron chi connectivity index (χ1n) is 9.66. The van der Waals surface area contributed by atoms with E-state index in [1.165, 1.54) is 0 Å². The fourth-order valence-electron chi connectivity index (χ4n) is 3.73. The Morgan fingerprint density at radius 2 is 1.17 bits per heavy atom. The van der Waals surface area contributed by atoms with E-state index in [1.807, 2.05) is 42.6 Å². The van der Waals surface area contributed by atoms with Gasteiger partial charge in [-0.3, -0.25) is 15.0 Å². The van der Waals surface area contributed by atoms with Gasteiger partial charge in [-0.15, -0.1) is 0 Å².